The standard InChI is InChI=1S/C12H11FN2OS/c1-14-10(11(16)15(2)12(14)17)7-8-3-5-9(13)6-4-8/h3-7H,1-2H3. The zero-order valence-corrected chi connectivity index (χ0v) is 10.3. The predicted molar refractivity (Wildman–Crippen MR) is 67.5 cm³/mol. The van der Waals surface area contributed by atoms with E-state index in [1.165, 1.54) is 17.0 Å². The first-order valence-electron chi connectivity index (χ1n) is 5.03. The lowest BCUT2D eigenvalue weighted by Crippen LogP contribution is -2.26. The summed E-state index contributed by atoms with van der Waals surface area (Å²) in [6.45, 7) is 0. The minimum Gasteiger partial charge on any atom is -0.317 e. The number of hydrogen-bond acceptors (Lipinski definition) is 2. The van der Waals surface area contributed by atoms with E-state index in [-0.39, 0.29) is 11.7 Å². The molecule has 0 spiro atoms. The third-order valence-corrected chi connectivity index (χ3v) is 3.18. The van der Waals surface area contributed by atoms with Crippen LogP contribution in [0.5, 0.6) is 0 Å². The van der Waals surface area contributed by atoms with Crippen LogP contribution in [-0.2, 0) is 4.79 Å². The van der Waals surface area contributed by atoms with Crippen molar-refractivity contribution in [2.24, 2.45) is 0 Å². The molecule has 2 rings (SSSR count). The van der Waals surface area contributed by atoms with Crippen LogP contribution in [0.3, 0.4) is 0 Å². The van der Waals surface area contributed by atoms with Crippen molar-refractivity contribution in [2.45, 2.75) is 0 Å². The smallest absolute Gasteiger partial charge is 0.276 e. The number of benzene rings is 1. The predicted octanol–water partition coefficient (Wildman–Crippen LogP) is 1.86. The number of thiocarbonyl (C=S) groups is 1. The third-order valence-electron chi connectivity index (χ3n) is 2.63. The molecule has 1 amide bonds. The van der Waals surface area contributed by atoms with Gasteiger partial charge in [0, 0.05) is 14.1 Å². The Morgan fingerprint density at radius 3 is 2.24 bits per heavy atom. The van der Waals surface area contributed by atoms with Crippen molar-refractivity contribution in [3.05, 3.63) is 41.3 Å². The van der Waals surface area contributed by atoms with E-state index in [4.69, 9.17) is 12.2 Å². The molecule has 1 aromatic carbocycles. The molecule has 17 heavy (non-hydrogen) atoms. The number of nitrogens with zero attached hydrogens (tertiary/aromatic N) is 2. The highest BCUT2D eigenvalue weighted by atomic mass is 32.1. The number of hydrogen-bond donors (Lipinski definition) is 0. The van der Waals surface area contributed by atoms with Gasteiger partial charge < -0.3 is 4.90 Å². The molecule has 0 radical (unpaired) electrons. The monoisotopic (exact) mass is 250 g/mol. The molecule has 1 saturated heterocycles. The Labute approximate surface area is 104 Å². The summed E-state index contributed by atoms with van der Waals surface area (Å²) in [6, 6.07) is 5.94. The molecule has 5 heteroatoms. The van der Waals surface area contributed by atoms with Crippen LogP contribution >= 0.6 is 12.2 Å². The van der Waals surface area contributed by atoms with Crippen LogP contribution in [0, 0.1) is 5.82 Å². The van der Waals surface area contributed by atoms with Crippen molar-refractivity contribution >= 4 is 29.3 Å². The number of carbonyl (C=O) groups excluding carboxylic acids is 1. The lowest BCUT2D eigenvalue weighted by atomic mass is 10.2. The summed E-state index contributed by atoms with van der Waals surface area (Å²) in [7, 11) is 3.37. The average molecular weight is 250 g/mol. The van der Waals surface area contributed by atoms with E-state index in [0.717, 1.165) is 5.56 Å². The molecule has 0 unspecified atom stereocenters. The van der Waals surface area contributed by atoms with Gasteiger partial charge in [-0.25, -0.2) is 4.39 Å². The number of likely N-dealkylation sites (N-methyl/N-ethyl adjacent to an activating group) is 2. The molecule has 1 aliphatic heterocycles. The van der Waals surface area contributed by atoms with Crippen LogP contribution in [0.4, 0.5) is 4.39 Å². The highest BCUT2D eigenvalue weighted by Gasteiger charge is 2.32. The average Bonchev–Trinajstić information content (AvgIpc) is 2.50. The molecule has 0 aromatic heterocycles. The Morgan fingerprint density at radius 1 is 1.18 bits per heavy atom. The van der Waals surface area contributed by atoms with E-state index in [0.29, 0.717) is 10.8 Å². The lowest BCUT2D eigenvalue weighted by Gasteiger charge is -2.10. The Bertz CT molecular complexity index is 510. The van der Waals surface area contributed by atoms with Gasteiger partial charge in [0.25, 0.3) is 5.91 Å². The van der Waals surface area contributed by atoms with Crippen LogP contribution in [0.25, 0.3) is 6.08 Å². The summed E-state index contributed by atoms with van der Waals surface area (Å²) < 4.78 is 12.8. The number of halogens is 1. The number of rotatable bonds is 1. The van der Waals surface area contributed by atoms with Crippen molar-refractivity contribution in [2.75, 3.05) is 14.1 Å². The Kier molecular flexibility index (Phi) is 2.93. The van der Waals surface area contributed by atoms with Gasteiger partial charge in [0.15, 0.2) is 5.11 Å². The second kappa shape index (κ2) is 4.25. The first-order valence-corrected chi connectivity index (χ1v) is 5.44. The Balaban J connectivity index is 2.37. The second-order valence-corrected chi connectivity index (χ2v) is 4.15. The molecule has 0 atom stereocenters. The quantitative estimate of drug-likeness (QED) is 0.561. The fourth-order valence-electron chi connectivity index (χ4n) is 1.61. The molecule has 3 nitrogen and oxygen atoms in total. The topological polar surface area (TPSA) is 23.6 Å². The van der Waals surface area contributed by atoms with E-state index >= 15 is 0 Å². The molecule has 1 heterocycles. The molecule has 1 aliphatic rings. The normalized spacial score (nSPS) is 18.4. The summed E-state index contributed by atoms with van der Waals surface area (Å²) in [6.07, 6.45) is 1.69. The van der Waals surface area contributed by atoms with Crippen LogP contribution in [0.1, 0.15) is 5.56 Å². The fraction of sp³-hybridized carbons (Fsp3) is 0.167. The Hall–Kier alpha value is -1.75. The van der Waals surface area contributed by atoms with Gasteiger partial charge in [-0.2, -0.15) is 0 Å². The highest BCUT2D eigenvalue weighted by molar-refractivity contribution is 7.80. The summed E-state index contributed by atoms with van der Waals surface area (Å²) in [5, 5.41) is 0.461. The minimum absolute atomic E-state index is 0.151. The van der Waals surface area contributed by atoms with Gasteiger partial charge in [-0.15, -0.1) is 0 Å². The maximum Gasteiger partial charge on any atom is 0.276 e. The van der Waals surface area contributed by atoms with Crippen LogP contribution in [0.15, 0.2) is 30.0 Å². The van der Waals surface area contributed by atoms with Gasteiger partial charge in [0.1, 0.15) is 11.5 Å². The van der Waals surface area contributed by atoms with Crippen LogP contribution in [-0.4, -0.2) is 34.9 Å². The minimum atomic E-state index is -0.300. The molecule has 0 aliphatic carbocycles. The van der Waals surface area contributed by atoms with E-state index in [1.54, 1.807) is 37.2 Å². The molecule has 1 aromatic rings. The van der Waals surface area contributed by atoms with Crippen molar-refractivity contribution in [3.8, 4) is 0 Å². The summed E-state index contributed by atoms with van der Waals surface area (Å²) in [5.41, 5.74) is 1.25. The molecule has 88 valence electrons. The summed E-state index contributed by atoms with van der Waals surface area (Å²) >= 11 is 5.09. The maximum atomic E-state index is 12.8. The molecule has 0 N–H and O–H groups in total. The molecule has 0 bridgehead atoms. The van der Waals surface area contributed by atoms with Crippen molar-refractivity contribution in [1.82, 2.24) is 9.80 Å². The largest absolute Gasteiger partial charge is 0.317 e. The van der Waals surface area contributed by atoms with E-state index < -0.39 is 0 Å². The van der Waals surface area contributed by atoms with Gasteiger partial charge in [0.2, 0.25) is 0 Å². The molecular weight excluding hydrogens is 239 g/mol. The maximum absolute atomic E-state index is 12.8. The zero-order valence-electron chi connectivity index (χ0n) is 9.48. The Morgan fingerprint density at radius 2 is 1.76 bits per heavy atom. The lowest BCUT2D eigenvalue weighted by molar-refractivity contribution is -0.121. The van der Waals surface area contributed by atoms with Crippen molar-refractivity contribution < 1.29 is 9.18 Å². The number of amides is 1. The van der Waals surface area contributed by atoms with Crippen molar-refractivity contribution in [3.63, 3.8) is 0 Å². The van der Waals surface area contributed by atoms with Gasteiger partial charge in [0.05, 0.1) is 0 Å². The van der Waals surface area contributed by atoms with Crippen molar-refractivity contribution in [1.29, 1.82) is 0 Å². The van der Waals surface area contributed by atoms with Gasteiger partial charge in [-0.1, -0.05) is 12.1 Å². The molecule has 1 fully saturated rings. The van der Waals surface area contributed by atoms with Crippen LogP contribution < -0.4 is 0 Å². The zero-order chi connectivity index (χ0) is 12.6. The molecule has 0 saturated carbocycles. The van der Waals surface area contributed by atoms with Gasteiger partial charge in [-0.05, 0) is 36.0 Å². The van der Waals surface area contributed by atoms with Crippen LogP contribution in [0.2, 0.25) is 0 Å². The first kappa shape index (κ1) is 11.7. The summed E-state index contributed by atoms with van der Waals surface area (Å²) in [5.74, 6) is -0.451. The fourth-order valence-corrected chi connectivity index (χ4v) is 1.79. The summed E-state index contributed by atoms with van der Waals surface area (Å²) in [4.78, 5) is 14.9. The van der Waals surface area contributed by atoms with Gasteiger partial charge in [-0.3, -0.25) is 9.69 Å². The molecular formula is C12H11FN2OS. The SMILES string of the molecule is CN1C(=O)C(=Cc2ccc(F)cc2)N(C)C1=S. The second-order valence-electron chi connectivity index (χ2n) is 3.79. The number of carbonyl (C=O) groups is 1. The van der Waals surface area contributed by atoms with E-state index in [9.17, 15) is 9.18 Å². The highest BCUT2D eigenvalue weighted by Crippen LogP contribution is 2.20. The van der Waals surface area contributed by atoms with E-state index in [2.05, 4.69) is 0 Å². The van der Waals surface area contributed by atoms with E-state index in [1.807, 2.05) is 0 Å². The first-order chi connectivity index (χ1) is 8.00. The van der Waals surface area contributed by atoms with Gasteiger partial charge >= 0.3 is 0 Å². The third kappa shape index (κ3) is 2.06.